The van der Waals surface area contributed by atoms with Crippen molar-refractivity contribution in [1.29, 1.82) is 0 Å². The maximum Gasteiger partial charge on any atom is 0.311 e. The first-order chi connectivity index (χ1) is 16.6. The van der Waals surface area contributed by atoms with E-state index >= 15 is 0 Å². The van der Waals surface area contributed by atoms with Crippen LogP contribution in [0.5, 0.6) is 0 Å². The molecule has 8 heteroatoms. The number of carbonyl (C=O) groups excluding carboxylic acids is 1. The zero-order chi connectivity index (χ0) is 23.1. The van der Waals surface area contributed by atoms with E-state index in [-0.39, 0.29) is 18.0 Å². The van der Waals surface area contributed by atoms with Gasteiger partial charge in [-0.15, -0.1) is 0 Å². The molecule has 2 saturated heterocycles. The smallest absolute Gasteiger partial charge is 0.311 e. The number of nitrogens with zero attached hydrogens (tertiary/aromatic N) is 4. The van der Waals surface area contributed by atoms with Gasteiger partial charge in [0.1, 0.15) is 6.10 Å². The normalized spacial score (nSPS) is 18.3. The molecule has 8 nitrogen and oxygen atoms in total. The fourth-order valence-electron chi connectivity index (χ4n) is 4.62. The molecule has 0 unspecified atom stereocenters. The van der Waals surface area contributed by atoms with Crippen LogP contribution < -0.4 is 10.2 Å². The maximum absolute atomic E-state index is 12.5. The minimum absolute atomic E-state index is 0.0317. The number of benzene rings is 1. The number of aromatic amines is 1. The number of ether oxygens (including phenoxy) is 1. The van der Waals surface area contributed by atoms with Gasteiger partial charge < -0.3 is 19.9 Å². The number of aryl methyl sites for hydroxylation is 1. The third-order valence-corrected chi connectivity index (χ3v) is 6.64. The summed E-state index contributed by atoms with van der Waals surface area (Å²) in [4.78, 5) is 31.8. The SMILES string of the molecule is Cc1cccc(-c2[nH]cnc2-c2ccc3ncc(N4CC[C@@H](C(=O)OC5CNC5)C4)cc3c2)n1. The van der Waals surface area contributed by atoms with Crippen molar-refractivity contribution in [3.05, 3.63) is 60.7 Å². The van der Waals surface area contributed by atoms with Crippen molar-refractivity contribution >= 4 is 22.6 Å². The van der Waals surface area contributed by atoms with Gasteiger partial charge in [-0.05, 0) is 43.7 Å². The number of hydrogen-bond donors (Lipinski definition) is 2. The number of esters is 1. The van der Waals surface area contributed by atoms with Gasteiger partial charge in [-0.2, -0.15) is 0 Å². The van der Waals surface area contributed by atoms with E-state index in [9.17, 15) is 4.79 Å². The zero-order valence-corrected chi connectivity index (χ0v) is 19.0. The number of nitrogens with one attached hydrogen (secondary N) is 2. The predicted octanol–water partition coefficient (Wildman–Crippen LogP) is 3.34. The van der Waals surface area contributed by atoms with Crippen LogP contribution in [0.3, 0.4) is 0 Å². The van der Waals surface area contributed by atoms with E-state index < -0.39 is 0 Å². The second-order valence-corrected chi connectivity index (χ2v) is 9.04. The molecular formula is C26H26N6O2. The molecule has 0 radical (unpaired) electrons. The average molecular weight is 455 g/mol. The largest absolute Gasteiger partial charge is 0.459 e. The van der Waals surface area contributed by atoms with E-state index in [1.807, 2.05) is 43.5 Å². The van der Waals surface area contributed by atoms with Gasteiger partial charge >= 0.3 is 5.97 Å². The van der Waals surface area contributed by atoms with Crippen molar-refractivity contribution in [3.8, 4) is 22.6 Å². The molecular weight excluding hydrogens is 428 g/mol. The minimum Gasteiger partial charge on any atom is -0.459 e. The third kappa shape index (κ3) is 3.90. The Labute approximate surface area is 197 Å². The van der Waals surface area contributed by atoms with Crippen molar-refractivity contribution in [2.24, 2.45) is 5.92 Å². The summed E-state index contributed by atoms with van der Waals surface area (Å²) in [6, 6.07) is 14.3. The molecule has 2 aliphatic rings. The van der Waals surface area contributed by atoms with E-state index in [1.54, 1.807) is 6.33 Å². The number of pyridine rings is 2. The molecule has 6 rings (SSSR count). The van der Waals surface area contributed by atoms with Crippen molar-refractivity contribution in [3.63, 3.8) is 0 Å². The van der Waals surface area contributed by atoms with Crippen LogP contribution in [0.15, 0.2) is 55.0 Å². The van der Waals surface area contributed by atoms with E-state index in [4.69, 9.17) is 4.74 Å². The summed E-state index contributed by atoms with van der Waals surface area (Å²) in [5.41, 5.74) is 6.53. The van der Waals surface area contributed by atoms with Crippen LogP contribution >= 0.6 is 0 Å². The minimum atomic E-state index is -0.0870. The van der Waals surface area contributed by atoms with Gasteiger partial charge in [-0.1, -0.05) is 12.1 Å². The Morgan fingerprint density at radius 2 is 2.06 bits per heavy atom. The summed E-state index contributed by atoms with van der Waals surface area (Å²) in [6.45, 7) is 4.98. The molecule has 2 aliphatic heterocycles. The lowest BCUT2D eigenvalue weighted by molar-refractivity contribution is -0.155. The summed E-state index contributed by atoms with van der Waals surface area (Å²) >= 11 is 0. The lowest BCUT2D eigenvalue weighted by Gasteiger charge is -2.28. The molecule has 0 aliphatic carbocycles. The summed E-state index contributed by atoms with van der Waals surface area (Å²) in [6.07, 6.45) is 4.43. The molecule has 0 spiro atoms. The molecule has 5 heterocycles. The standard InChI is InChI=1S/C26H26N6O2/c1-16-3-2-4-23(31-16)25-24(29-15-30-25)17-5-6-22-19(9-17)10-20(11-28-22)32-8-7-18(14-32)26(33)34-21-12-27-13-21/h2-6,9-11,15,18,21,27H,7-8,12-14H2,1H3,(H,29,30)/t18-/m1/s1. The molecule has 3 aromatic heterocycles. The molecule has 4 aromatic rings. The fourth-order valence-corrected chi connectivity index (χ4v) is 4.62. The van der Waals surface area contributed by atoms with E-state index in [2.05, 4.69) is 42.3 Å². The van der Waals surface area contributed by atoms with Crippen molar-refractivity contribution in [1.82, 2.24) is 25.3 Å². The first-order valence-electron chi connectivity index (χ1n) is 11.7. The Balaban J connectivity index is 1.26. The highest BCUT2D eigenvalue weighted by atomic mass is 16.5. The molecule has 0 bridgehead atoms. The van der Waals surface area contributed by atoms with Gasteiger partial charge in [0.25, 0.3) is 0 Å². The van der Waals surface area contributed by atoms with Gasteiger partial charge in [0.2, 0.25) is 0 Å². The number of anilines is 1. The quantitative estimate of drug-likeness (QED) is 0.447. The van der Waals surface area contributed by atoms with Gasteiger partial charge in [0, 0.05) is 42.8 Å². The molecule has 172 valence electrons. The first-order valence-corrected chi connectivity index (χ1v) is 11.7. The van der Waals surface area contributed by atoms with Gasteiger partial charge in [0.15, 0.2) is 0 Å². The monoisotopic (exact) mass is 454 g/mol. The second kappa shape index (κ2) is 8.53. The van der Waals surface area contributed by atoms with Crippen molar-refractivity contribution < 1.29 is 9.53 Å². The Bertz CT molecular complexity index is 1360. The highest BCUT2D eigenvalue weighted by molar-refractivity contribution is 5.88. The fraction of sp³-hybridized carbons (Fsp3) is 0.308. The third-order valence-electron chi connectivity index (χ3n) is 6.64. The number of hydrogen-bond acceptors (Lipinski definition) is 7. The van der Waals surface area contributed by atoms with E-state index in [0.29, 0.717) is 6.54 Å². The predicted molar refractivity (Wildman–Crippen MR) is 130 cm³/mol. The van der Waals surface area contributed by atoms with E-state index in [0.717, 1.165) is 71.0 Å². The summed E-state index contributed by atoms with van der Waals surface area (Å²) < 4.78 is 5.58. The van der Waals surface area contributed by atoms with Crippen LogP contribution in [-0.4, -0.2) is 58.2 Å². The van der Waals surface area contributed by atoms with Crippen LogP contribution in [0.2, 0.25) is 0 Å². The summed E-state index contributed by atoms with van der Waals surface area (Å²) in [5.74, 6) is -0.170. The Hall–Kier alpha value is -3.78. The van der Waals surface area contributed by atoms with Gasteiger partial charge in [-0.25, -0.2) is 4.98 Å². The molecule has 2 fully saturated rings. The number of rotatable bonds is 5. The van der Waals surface area contributed by atoms with Crippen molar-refractivity contribution in [2.45, 2.75) is 19.4 Å². The van der Waals surface area contributed by atoms with Crippen LogP contribution in [0, 0.1) is 12.8 Å². The van der Waals surface area contributed by atoms with Crippen molar-refractivity contribution in [2.75, 3.05) is 31.1 Å². The highest BCUT2D eigenvalue weighted by Crippen LogP contribution is 2.32. The average Bonchev–Trinajstić information content (AvgIpc) is 3.51. The van der Waals surface area contributed by atoms with Gasteiger partial charge in [0.05, 0.1) is 46.7 Å². The van der Waals surface area contributed by atoms with Crippen LogP contribution in [-0.2, 0) is 9.53 Å². The van der Waals surface area contributed by atoms with Crippen LogP contribution in [0.1, 0.15) is 12.1 Å². The molecule has 2 N–H and O–H groups in total. The molecule has 0 amide bonds. The number of carbonyl (C=O) groups is 1. The molecule has 1 aromatic carbocycles. The first kappa shape index (κ1) is 20.8. The number of imidazole rings is 1. The summed E-state index contributed by atoms with van der Waals surface area (Å²) in [7, 11) is 0. The Morgan fingerprint density at radius 1 is 1.15 bits per heavy atom. The number of fused-ring (bicyclic) bond motifs is 1. The van der Waals surface area contributed by atoms with E-state index in [1.165, 1.54) is 0 Å². The summed E-state index contributed by atoms with van der Waals surface area (Å²) in [5, 5.41) is 4.17. The maximum atomic E-state index is 12.5. The molecule has 1 atom stereocenters. The number of aromatic nitrogens is 4. The molecule has 0 saturated carbocycles. The Kier molecular flexibility index (Phi) is 5.22. The van der Waals surface area contributed by atoms with Crippen LogP contribution in [0.4, 0.5) is 5.69 Å². The van der Waals surface area contributed by atoms with Gasteiger partial charge in [-0.3, -0.25) is 14.8 Å². The number of H-pyrrole nitrogens is 1. The topological polar surface area (TPSA) is 96.0 Å². The molecule has 34 heavy (non-hydrogen) atoms. The lowest BCUT2D eigenvalue weighted by Crippen LogP contribution is -2.50. The lowest BCUT2D eigenvalue weighted by atomic mass is 10.0. The highest BCUT2D eigenvalue weighted by Gasteiger charge is 2.32. The Morgan fingerprint density at radius 3 is 2.88 bits per heavy atom. The second-order valence-electron chi connectivity index (χ2n) is 9.04. The zero-order valence-electron chi connectivity index (χ0n) is 19.0. The van der Waals surface area contributed by atoms with Crippen LogP contribution in [0.25, 0.3) is 33.5 Å².